The maximum Gasteiger partial charge on any atom is 0.303 e. The molecule has 3 N–H and O–H groups in total. The molecular formula is C35H53NO4. The Kier molecular flexibility index (Phi) is 7.96. The van der Waals surface area contributed by atoms with Gasteiger partial charge in [0.25, 0.3) is 5.91 Å². The highest BCUT2D eigenvalue weighted by molar-refractivity contribution is 5.94. The Labute approximate surface area is 241 Å². The van der Waals surface area contributed by atoms with E-state index in [0.717, 1.165) is 37.7 Å². The fraction of sp³-hybridized carbons (Fsp3) is 0.771. The fourth-order valence-corrected chi connectivity index (χ4v) is 10.3. The quantitative estimate of drug-likeness (QED) is 0.349. The lowest BCUT2D eigenvalue weighted by Gasteiger charge is -2.62. The number of carbonyl (C=O) groups excluding carboxylic acids is 1. The van der Waals surface area contributed by atoms with Gasteiger partial charge in [-0.2, -0.15) is 0 Å². The summed E-state index contributed by atoms with van der Waals surface area (Å²) in [6.45, 7) is 13.8. The van der Waals surface area contributed by atoms with E-state index < -0.39 is 5.97 Å². The summed E-state index contributed by atoms with van der Waals surface area (Å²) in [5, 5.41) is 24.3. The number of aliphatic hydroxyl groups is 1. The minimum Gasteiger partial charge on any atom is -0.481 e. The highest BCUT2D eigenvalue weighted by Gasteiger charge is 2.62. The van der Waals surface area contributed by atoms with Crippen molar-refractivity contribution in [3.8, 4) is 0 Å². The predicted molar refractivity (Wildman–Crippen MR) is 159 cm³/mol. The van der Waals surface area contributed by atoms with E-state index in [9.17, 15) is 19.8 Å². The van der Waals surface area contributed by atoms with Crippen molar-refractivity contribution in [2.45, 2.75) is 123 Å². The summed E-state index contributed by atoms with van der Waals surface area (Å²) in [5.74, 6) is 2.15. The average Bonchev–Trinajstić information content (AvgIpc) is 3.25. The Hall–Kier alpha value is -1.88. The van der Waals surface area contributed by atoms with Gasteiger partial charge in [0.1, 0.15) is 0 Å². The monoisotopic (exact) mass is 551 g/mol. The van der Waals surface area contributed by atoms with Crippen LogP contribution in [-0.4, -0.2) is 34.2 Å². The van der Waals surface area contributed by atoms with Gasteiger partial charge >= 0.3 is 5.97 Å². The van der Waals surface area contributed by atoms with Crippen molar-refractivity contribution in [3.63, 3.8) is 0 Å². The minimum atomic E-state index is -0.692. The molecule has 0 aliphatic heterocycles. The third-order valence-electron chi connectivity index (χ3n) is 12.6. The molecule has 4 saturated carbocycles. The minimum absolute atomic E-state index is 0.0192. The van der Waals surface area contributed by atoms with Crippen LogP contribution in [0.5, 0.6) is 0 Å². The molecule has 4 aliphatic rings. The molecule has 0 heterocycles. The molecule has 5 heteroatoms. The third kappa shape index (κ3) is 5.25. The van der Waals surface area contributed by atoms with Crippen LogP contribution in [0.3, 0.4) is 0 Å². The zero-order valence-corrected chi connectivity index (χ0v) is 25.7. The molecule has 5 rings (SSSR count). The average molecular weight is 552 g/mol. The maximum absolute atomic E-state index is 13.1. The van der Waals surface area contributed by atoms with Crippen LogP contribution in [0.15, 0.2) is 24.3 Å². The number of carboxylic acid groups (broad SMARTS) is 1. The van der Waals surface area contributed by atoms with E-state index in [1.807, 2.05) is 12.1 Å². The molecule has 1 aromatic carbocycles. The van der Waals surface area contributed by atoms with Crippen molar-refractivity contribution < 1.29 is 19.8 Å². The summed E-state index contributed by atoms with van der Waals surface area (Å²) in [7, 11) is 0. The predicted octanol–water partition coefficient (Wildman–Crippen LogP) is 7.21. The second-order valence-electron chi connectivity index (χ2n) is 15.7. The molecule has 222 valence electrons. The molecule has 4 aliphatic carbocycles. The van der Waals surface area contributed by atoms with Crippen LogP contribution in [0.2, 0.25) is 0 Å². The molecule has 10 atom stereocenters. The van der Waals surface area contributed by atoms with E-state index >= 15 is 0 Å². The normalized spacial score (nSPS) is 39.9. The number of carbonyl (C=O) groups is 2. The second kappa shape index (κ2) is 10.7. The van der Waals surface area contributed by atoms with Crippen LogP contribution in [0.25, 0.3) is 0 Å². The number of aliphatic carboxylic acids is 1. The second-order valence-corrected chi connectivity index (χ2v) is 15.7. The molecule has 40 heavy (non-hydrogen) atoms. The van der Waals surface area contributed by atoms with Gasteiger partial charge in [-0.15, -0.1) is 0 Å². The van der Waals surface area contributed by atoms with E-state index in [-0.39, 0.29) is 40.7 Å². The number of carboxylic acids is 1. The van der Waals surface area contributed by atoms with Crippen molar-refractivity contribution in [2.24, 2.45) is 46.3 Å². The number of benzene rings is 1. The SMILES string of the molecule is C[C@H](CCC(=O)O)[C@H]1CC[C@H]2[C@@H]3[C@@H](O)CC4C[C@@H](NC(=O)c5ccc(C(C)(C)C)cc5)CC[C@]4(C)[C@H]3CC[C@]12C. The number of aliphatic hydroxyl groups excluding tert-OH is 1. The Morgan fingerprint density at radius 1 is 0.975 bits per heavy atom. The van der Waals surface area contributed by atoms with Crippen molar-refractivity contribution in [1.29, 1.82) is 0 Å². The topological polar surface area (TPSA) is 86.6 Å². The molecular weight excluding hydrogens is 498 g/mol. The zero-order valence-electron chi connectivity index (χ0n) is 25.7. The Bertz CT molecular complexity index is 1090. The molecule has 0 spiro atoms. The summed E-state index contributed by atoms with van der Waals surface area (Å²) >= 11 is 0. The molecule has 1 aromatic rings. The first-order valence-corrected chi connectivity index (χ1v) is 16.1. The van der Waals surface area contributed by atoms with Gasteiger partial charge in [0.15, 0.2) is 0 Å². The number of fused-ring (bicyclic) bond motifs is 5. The lowest BCUT2D eigenvalue weighted by atomic mass is 9.43. The Morgan fingerprint density at radius 2 is 1.62 bits per heavy atom. The number of nitrogens with one attached hydrogen (secondary N) is 1. The van der Waals surface area contributed by atoms with Gasteiger partial charge in [0.05, 0.1) is 6.10 Å². The molecule has 0 bridgehead atoms. The Morgan fingerprint density at radius 3 is 2.27 bits per heavy atom. The van der Waals surface area contributed by atoms with Crippen molar-refractivity contribution >= 4 is 11.9 Å². The molecule has 5 nitrogen and oxygen atoms in total. The molecule has 0 saturated heterocycles. The van der Waals surface area contributed by atoms with Crippen LogP contribution < -0.4 is 5.32 Å². The standard InChI is InChI=1S/C35H53NO4/c1-21(7-14-30(38)39)26-12-13-27-31-28(16-18-35(26,27)6)34(5)17-15-25(19-24(34)20-29(31)37)36-32(40)22-8-10-23(11-9-22)33(2,3)4/h8-11,21,24-29,31,37H,7,12-20H2,1-6H3,(H,36,40)(H,38,39)/t21-,24?,25+,26-,27+,28+,29+,31+,34+,35-/m1/s1. The van der Waals surface area contributed by atoms with E-state index in [0.29, 0.717) is 35.5 Å². The smallest absolute Gasteiger partial charge is 0.303 e. The summed E-state index contributed by atoms with van der Waals surface area (Å²) in [5.41, 5.74) is 2.45. The van der Waals surface area contributed by atoms with Crippen LogP contribution in [0.4, 0.5) is 0 Å². The zero-order chi connectivity index (χ0) is 29.0. The van der Waals surface area contributed by atoms with E-state index in [1.54, 1.807) is 0 Å². The number of hydrogen-bond acceptors (Lipinski definition) is 3. The van der Waals surface area contributed by atoms with Gasteiger partial charge in [-0.3, -0.25) is 9.59 Å². The van der Waals surface area contributed by atoms with Gasteiger partial charge in [0, 0.05) is 18.0 Å². The highest BCUT2D eigenvalue weighted by atomic mass is 16.4. The lowest BCUT2D eigenvalue weighted by molar-refractivity contribution is -0.166. The van der Waals surface area contributed by atoms with Gasteiger partial charge in [0.2, 0.25) is 0 Å². The number of rotatable bonds is 6. The molecule has 1 unspecified atom stereocenters. The number of hydrogen-bond donors (Lipinski definition) is 3. The Balaban J connectivity index is 1.25. The largest absolute Gasteiger partial charge is 0.481 e. The molecule has 4 fully saturated rings. The van der Waals surface area contributed by atoms with Crippen molar-refractivity contribution in [1.82, 2.24) is 5.32 Å². The first-order valence-electron chi connectivity index (χ1n) is 16.1. The van der Waals surface area contributed by atoms with E-state index in [1.165, 1.54) is 31.2 Å². The first kappa shape index (κ1) is 29.6. The van der Waals surface area contributed by atoms with E-state index in [2.05, 4.69) is 59.0 Å². The van der Waals surface area contributed by atoms with Crippen molar-refractivity contribution in [3.05, 3.63) is 35.4 Å². The van der Waals surface area contributed by atoms with Gasteiger partial charge in [-0.05, 0) is 127 Å². The van der Waals surface area contributed by atoms with Gasteiger partial charge < -0.3 is 15.5 Å². The van der Waals surface area contributed by atoms with Crippen LogP contribution >= 0.6 is 0 Å². The maximum atomic E-state index is 13.1. The van der Waals surface area contributed by atoms with Crippen LogP contribution in [0.1, 0.15) is 122 Å². The fourth-order valence-electron chi connectivity index (χ4n) is 10.3. The number of amides is 1. The summed E-state index contributed by atoms with van der Waals surface area (Å²) < 4.78 is 0. The first-order chi connectivity index (χ1) is 18.7. The lowest BCUT2D eigenvalue weighted by Crippen LogP contribution is -2.59. The molecule has 0 radical (unpaired) electrons. The highest BCUT2D eigenvalue weighted by Crippen LogP contribution is 2.68. The summed E-state index contributed by atoms with van der Waals surface area (Å²) in [6.07, 6.45) is 9.36. The summed E-state index contributed by atoms with van der Waals surface area (Å²) in [6, 6.07) is 8.21. The molecule has 0 aromatic heterocycles. The van der Waals surface area contributed by atoms with Crippen LogP contribution in [0, 0.1) is 46.3 Å². The molecule has 1 amide bonds. The van der Waals surface area contributed by atoms with Crippen molar-refractivity contribution in [2.75, 3.05) is 0 Å². The van der Waals surface area contributed by atoms with Crippen LogP contribution in [-0.2, 0) is 10.2 Å². The third-order valence-corrected chi connectivity index (χ3v) is 12.6. The van der Waals surface area contributed by atoms with E-state index in [4.69, 9.17) is 0 Å². The van der Waals surface area contributed by atoms with Gasteiger partial charge in [-0.25, -0.2) is 0 Å². The summed E-state index contributed by atoms with van der Waals surface area (Å²) in [4.78, 5) is 24.4. The van der Waals surface area contributed by atoms with Gasteiger partial charge in [-0.1, -0.05) is 53.7 Å².